The third kappa shape index (κ3) is 4.84. The lowest BCUT2D eigenvalue weighted by atomic mass is 10.1. The average molecular weight is 459 g/mol. The first-order chi connectivity index (χ1) is 16.8. The predicted octanol–water partition coefficient (Wildman–Crippen LogP) is 3.87. The maximum atomic E-state index is 13.5. The summed E-state index contributed by atoms with van der Waals surface area (Å²) in [5.41, 5.74) is 1.06. The Morgan fingerprint density at radius 3 is 2.53 bits per heavy atom. The van der Waals surface area contributed by atoms with Crippen molar-refractivity contribution in [1.29, 1.82) is 0 Å². The number of carbonyl (C=O) groups excluding carboxylic acids is 1. The minimum atomic E-state index is -0.311. The zero-order chi connectivity index (χ0) is 23.2. The van der Waals surface area contributed by atoms with Gasteiger partial charge in [-0.1, -0.05) is 36.8 Å². The van der Waals surface area contributed by atoms with Crippen LogP contribution in [0.4, 0.5) is 0 Å². The van der Waals surface area contributed by atoms with Crippen molar-refractivity contribution >= 4 is 17.7 Å². The predicted molar refractivity (Wildman–Crippen MR) is 126 cm³/mol. The van der Waals surface area contributed by atoms with E-state index in [1.165, 1.54) is 11.1 Å². The number of nitrogens with one attached hydrogen (secondary N) is 1. The van der Waals surface area contributed by atoms with E-state index in [9.17, 15) is 4.79 Å². The number of benzene rings is 1. The van der Waals surface area contributed by atoms with Crippen LogP contribution in [-0.2, 0) is 4.79 Å². The van der Waals surface area contributed by atoms with E-state index < -0.39 is 0 Å². The fraction of sp³-hybridized carbons (Fsp3) is 0.280. The molecule has 1 unspecified atom stereocenters. The highest BCUT2D eigenvalue weighted by Crippen LogP contribution is 2.25. The SMILES string of the molecule is O=C(NCC(c1ccco1)N1CCCCC1)/C(=C\c1ccco1)n1nnnc1-c1ccccc1. The first-order valence-electron chi connectivity index (χ1n) is 11.4. The molecule has 1 N–H and O–H groups in total. The first kappa shape index (κ1) is 21.8. The normalized spacial score (nSPS) is 15.8. The number of piperidine rings is 1. The molecular formula is C25H26N6O3. The topological polar surface area (TPSA) is 102 Å². The van der Waals surface area contributed by atoms with Gasteiger partial charge in [0.05, 0.1) is 18.6 Å². The van der Waals surface area contributed by atoms with Crippen LogP contribution in [0, 0.1) is 0 Å². The molecule has 0 radical (unpaired) electrons. The fourth-order valence-electron chi connectivity index (χ4n) is 4.25. The van der Waals surface area contributed by atoms with Crippen molar-refractivity contribution in [3.8, 4) is 11.4 Å². The molecule has 1 aromatic carbocycles. The zero-order valence-electron chi connectivity index (χ0n) is 18.7. The van der Waals surface area contributed by atoms with Crippen LogP contribution < -0.4 is 5.32 Å². The maximum absolute atomic E-state index is 13.5. The van der Waals surface area contributed by atoms with E-state index in [2.05, 4.69) is 25.7 Å². The van der Waals surface area contributed by atoms with Crippen molar-refractivity contribution < 1.29 is 13.6 Å². The summed E-state index contributed by atoms with van der Waals surface area (Å²) in [4.78, 5) is 15.9. The fourth-order valence-corrected chi connectivity index (χ4v) is 4.25. The Kier molecular flexibility index (Phi) is 6.62. The second-order valence-electron chi connectivity index (χ2n) is 8.16. The van der Waals surface area contributed by atoms with Crippen LogP contribution >= 0.6 is 0 Å². The number of rotatable bonds is 8. The molecule has 9 heteroatoms. The Bertz CT molecular complexity index is 1210. The number of carbonyl (C=O) groups is 1. The van der Waals surface area contributed by atoms with E-state index >= 15 is 0 Å². The van der Waals surface area contributed by atoms with Gasteiger partial charge < -0.3 is 14.2 Å². The molecule has 34 heavy (non-hydrogen) atoms. The van der Waals surface area contributed by atoms with Crippen LogP contribution in [0.25, 0.3) is 23.2 Å². The summed E-state index contributed by atoms with van der Waals surface area (Å²) < 4.78 is 12.6. The summed E-state index contributed by atoms with van der Waals surface area (Å²) in [7, 11) is 0. The molecule has 1 amide bonds. The second-order valence-corrected chi connectivity index (χ2v) is 8.16. The Morgan fingerprint density at radius 1 is 1.00 bits per heavy atom. The molecule has 4 heterocycles. The lowest BCUT2D eigenvalue weighted by Gasteiger charge is -2.33. The Hall–Kier alpha value is -3.98. The average Bonchev–Trinajstić information content (AvgIpc) is 3.67. The van der Waals surface area contributed by atoms with E-state index in [0.29, 0.717) is 18.1 Å². The number of hydrogen-bond acceptors (Lipinski definition) is 7. The van der Waals surface area contributed by atoms with Gasteiger partial charge in [-0.3, -0.25) is 9.69 Å². The largest absolute Gasteiger partial charge is 0.468 e. The van der Waals surface area contributed by atoms with Gasteiger partial charge in [0.2, 0.25) is 0 Å². The maximum Gasteiger partial charge on any atom is 0.270 e. The van der Waals surface area contributed by atoms with Crippen molar-refractivity contribution in [3.63, 3.8) is 0 Å². The van der Waals surface area contributed by atoms with Gasteiger partial charge in [0.25, 0.3) is 5.91 Å². The molecule has 3 aromatic heterocycles. The zero-order valence-corrected chi connectivity index (χ0v) is 18.7. The molecule has 0 spiro atoms. The standard InChI is InChI=1S/C25H26N6O3/c32-25(26-18-22(23-12-8-16-34-23)30-13-5-2-6-14-30)21(17-20-11-7-15-33-20)31-24(27-28-29-31)19-9-3-1-4-10-19/h1,3-4,7-12,15-17,22H,2,5-6,13-14,18H2,(H,26,32)/b21-17+. The summed E-state index contributed by atoms with van der Waals surface area (Å²) in [6, 6.07) is 16.8. The van der Waals surface area contributed by atoms with Crippen LogP contribution in [0.1, 0.15) is 36.8 Å². The molecule has 1 saturated heterocycles. The van der Waals surface area contributed by atoms with E-state index in [1.807, 2.05) is 42.5 Å². The number of tetrazole rings is 1. The molecule has 1 aliphatic heterocycles. The van der Waals surface area contributed by atoms with E-state index in [1.54, 1.807) is 30.7 Å². The van der Waals surface area contributed by atoms with Gasteiger partial charge in [-0.25, -0.2) is 0 Å². The van der Waals surface area contributed by atoms with Crippen LogP contribution in [0.2, 0.25) is 0 Å². The summed E-state index contributed by atoms with van der Waals surface area (Å²) in [6.07, 6.45) is 8.37. The highest BCUT2D eigenvalue weighted by molar-refractivity contribution is 6.18. The third-order valence-electron chi connectivity index (χ3n) is 5.94. The second kappa shape index (κ2) is 10.3. The van der Waals surface area contributed by atoms with E-state index in [-0.39, 0.29) is 17.6 Å². The molecule has 0 saturated carbocycles. The van der Waals surface area contributed by atoms with Gasteiger partial charge in [-0.15, -0.1) is 5.10 Å². The molecule has 1 atom stereocenters. The monoisotopic (exact) mass is 458 g/mol. The lowest BCUT2D eigenvalue weighted by Crippen LogP contribution is -2.41. The van der Waals surface area contributed by atoms with Crippen LogP contribution in [0.15, 0.2) is 76.0 Å². The van der Waals surface area contributed by atoms with Crippen molar-refractivity contribution in [2.75, 3.05) is 19.6 Å². The molecule has 9 nitrogen and oxygen atoms in total. The molecule has 0 aliphatic carbocycles. The van der Waals surface area contributed by atoms with Gasteiger partial charge >= 0.3 is 0 Å². The van der Waals surface area contributed by atoms with Crippen molar-refractivity contribution in [1.82, 2.24) is 30.4 Å². The summed E-state index contributed by atoms with van der Waals surface area (Å²) in [6.45, 7) is 2.34. The Balaban J connectivity index is 1.43. The van der Waals surface area contributed by atoms with Gasteiger partial charge in [-0.2, -0.15) is 4.68 Å². The molecule has 1 fully saturated rings. The Labute approximate surface area is 197 Å². The number of hydrogen-bond donors (Lipinski definition) is 1. The molecule has 0 bridgehead atoms. The van der Waals surface area contributed by atoms with Crippen LogP contribution in [0.3, 0.4) is 0 Å². The summed E-state index contributed by atoms with van der Waals surface area (Å²) in [5.74, 6) is 1.52. The minimum absolute atomic E-state index is 0.0495. The number of aromatic nitrogens is 4. The number of likely N-dealkylation sites (tertiary alicyclic amines) is 1. The number of furan rings is 2. The van der Waals surface area contributed by atoms with Gasteiger partial charge in [0, 0.05) is 18.2 Å². The van der Waals surface area contributed by atoms with E-state index in [4.69, 9.17) is 8.83 Å². The van der Waals surface area contributed by atoms with Gasteiger partial charge in [0.1, 0.15) is 17.2 Å². The Morgan fingerprint density at radius 2 is 1.79 bits per heavy atom. The van der Waals surface area contributed by atoms with Crippen LogP contribution in [0.5, 0.6) is 0 Å². The number of nitrogens with zero attached hydrogens (tertiary/aromatic N) is 5. The van der Waals surface area contributed by atoms with E-state index in [0.717, 1.165) is 37.3 Å². The van der Waals surface area contributed by atoms with Crippen LogP contribution in [-0.4, -0.2) is 50.6 Å². The molecule has 1 aliphatic rings. The minimum Gasteiger partial charge on any atom is -0.468 e. The molecule has 174 valence electrons. The van der Waals surface area contributed by atoms with Gasteiger partial charge in [-0.05, 0) is 60.6 Å². The van der Waals surface area contributed by atoms with Gasteiger partial charge in [0.15, 0.2) is 5.82 Å². The first-order valence-corrected chi connectivity index (χ1v) is 11.4. The number of amides is 1. The third-order valence-corrected chi connectivity index (χ3v) is 5.94. The summed E-state index contributed by atoms with van der Waals surface area (Å²) in [5, 5.41) is 15.2. The molecular weight excluding hydrogens is 432 g/mol. The molecule has 4 aromatic rings. The van der Waals surface area contributed by atoms with Crippen molar-refractivity contribution in [2.24, 2.45) is 0 Å². The van der Waals surface area contributed by atoms with Crippen molar-refractivity contribution in [3.05, 3.63) is 78.6 Å². The lowest BCUT2D eigenvalue weighted by molar-refractivity contribution is -0.116. The highest BCUT2D eigenvalue weighted by Gasteiger charge is 2.26. The highest BCUT2D eigenvalue weighted by atomic mass is 16.3. The summed E-state index contributed by atoms with van der Waals surface area (Å²) >= 11 is 0. The van der Waals surface area contributed by atoms with Crippen molar-refractivity contribution in [2.45, 2.75) is 25.3 Å². The quantitative estimate of drug-likeness (QED) is 0.400. The molecule has 5 rings (SSSR count). The smallest absolute Gasteiger partial charge is 0.270 e.